The van der Waals surface area contributed by atoms with E-state index in [1.54, 1.807) is 4.90 Å². The second kappa shape index (κ2) is 3.96. The third-order valence-electron chi connectivity index (χ3n) is 2.06. The number of urea groups is 1. The second-order valence-electron chi connectivity index (χ2n) is 3.06. The summed E-state index contributed by atoms with van der Waals surface area (Å²) in [5, 5.41) is 2.78. The molecule has 1 aliphatic rings. The third-order valence-corrected chi connectivity index (χ3v) is 2.50. The maximum Gasteiger partial charge on any atom is 0.323 e. The highest BCUT2D eigenvalue weighted by atomic mass is 79.9. The minimum Gasteiger partial charge on any atom is -0.338 e. The monoisotopic (exact) mass is 255 g/mol. The Balaban J connectivity index is 2.24. The summed E-state index contributed by atoms with van der Waals surface area (Å²) in [6.45, 7) is 1.48. The number of anilines is 1. The summed E-state index contributed by atoms with van der Waals surface area (Å²) in [5.41, 5.74) is 0. The fraction of sp³-hybridized carbons (Fsp3) is 0.333. The van der Waals surface area contributed by atoms with Crippen LogP contribution >= 0.6 is 15.9 Å². The van der Waals surface area contributed by atoms with Crippen molar-refractivity contribution >= 4 is 27.8 Å². The molecule has 1 N–H and O–H groups in total. The molecule has 1 saturated heterocycles. The average molecular weight is 256 g/mol. The first-order valence-electron chi connectivity index (χ1n) is 4.45. The summed E-state index contributed by atoms with van der Waals surface area (Å²) in [6, 6.07) is 5.47. The van der Waals surface area contributed by atoms with Crippen molar-refractivity contribution in [3.05, 3.63) is 22.8 Å². The van der Waals surface area contributed by atoms with Crippen molar-refractivity contribution in [2.75, 3.05) is 18.0 Å². The molecule has 0 aromatic carbocycles. The van der Waals surface area contributed by atoms with E-state index in [-0.39, 0.29) is 6.03 Å². The zero-order valence-electron chi connectivity index (χ0n) is 7.53. The number of rotatable bonds is 1. The lowest BCUT2D eigenvalue weighted by molar-refractivity contribution is 0.242. The van der Waals surface area contributed by atoms with Crippen molar-refractivity contribution in [3.8, 4) is 0 Å². The van der Waals surface area contributed by atoms with E-state index in [0.717, 1.165) is 24.1 Å². The van der Waals surface area contributed by atoms with Gasteiger partial charge < -0.3 is 5.32 Å². The fourth-order valence-electron chi connectivity index (χ4n) is 1.40. The van der Waals surface area contributed by atoms with Gasteiger partial charge in [0, 0.05) is 13.1 Å². The Kier molecular flexibility index (Phi) is 2.67. The Morgan fingerprint density at radius 1 is 1.50 bits per heavy atom. The number of halogens is 1. The Hall–Kier alpha value is -1.10. The largest absolute Gasteiger partial charge is 0.338 e. The van der Waals surface area contributed by atoms with E-state index in [0.29, 0.717) is 5.82 Å². The first-order chi connectivity index (χ1) is 6.77. The van der Waals surface area contributed by atoms with Gasteiger partial charge in [-0.3, -0.25) is 4.90 Å². The number of hydrogen-bond donors (Lipinski definition) is 1. The molecule has 1 aromatic heterocycles. The lowest BCUT2D eigenvalue weighted by atomic mass is 10.3. The summed E-state index contributed by atoms with van der Waals surface area (Å²) in [5.74, 6) is 0.691. The number of pyridine rings is 1. The third kappa shape index (κ3) is 1.87. The van der Waals surface area contributed by atoms with Crippen LogP contribution in [0.5, 0.6) is 0 Å². The van der Waals surface area contributed by atoms with E-state index < -0.39 is 0 Å². The molecule has 0 aliphatic carbocycles. The predicted octanol–water partition coefficient (Wildman–Crippen LogP) is 1.76. The van der Waals surface area contributed by atoms with Crippen LogP contribution < -0.4 is 10.2 Å². The molecule has 2 amide bonds. The van der Waals surface area contributed by atoms with Gasteiger partial charge in [0.1, 0.15) is 10.4 Å². The van der Waals surface area contributed by atoms with Gasteiger partial charge in [0.15, 0.2) is 0 Å². The van der Waals surface area contributed by atoms with Crippen LogP contribution in [0.15, 0.2) is 22.8 Å². The van der Waals surface area contributed by atoms with Gasteiger partial charge in [-0.1, -0.05) is 6.07 Å². The SMILES string of the molecule is O=C1NCCCN1c1cccc(Br)n1. The van der Waals surface area contributed by atoms with Gasteiger partial charge in [-0.05, 0) is 34.5 Å². The van der Waals surface area contributed by atoms with Crippen LogP contribution in [0.4, 0.5) is 10.6 Å². The van der Waals surface area contributed by atoms with E-state index in [1.807, 2.05) is 18.2 Å². The minimum atomic E-state index is -0.0677. The molecule has 0 bridgehead atoms. The zero-order valence-corrected chi connectivity index (χ0v) is 9.12. The molecule has 1 aromatic rings. The fourth-order valence-corrected chi connectivity index (χ4v) is 1.73. The van der Waals surface area contributed by atoms with Crippen molar-refractivity contribution < 1.29 is 4.79 Å². The molecule has 1 aliphatic heterocycles. The van der Waals surface area contributed by atoms with Gasteiger partial charge >= 0.3 is 6.03 Å². The van der Waals surface area contributed by atoms with Crippen molar-refractivity contribution in [2.24, 2.45) is 0 Å². The smallest absolute Gasteiger partial charge is 0.323 e. The minimum absolute atomic E-state index is 0.0677. The number of carbonyl (C=O) groups excluding carboxylic acids is 1. The van der Waals surface area contributed by atoms with Gasteiger partial charge in [-0.25, -0.2) is 9.78 Å². The van der Waals surface area contributed by atoms with Gasteiger partial charge in [-0.2, -0.15) is 0 Å². The van der Waals surface area contributed by atoms with Crippen LogP contribution in [0, 0.1) is 0 Å². The molecule has 74 valence electrons. The molecule has 1 fully saturated rings. The van der Waals surface area contributed by atoms with Crippen molar-refractivity contribution in [1.82, 2.24) is 10.3 Å². The average Bonchev–Trinajstić information content (AvgIpc) is 2.18. The molecule has 0 spiro atoms. The normalized spacial score (nSPS) is 16.6. The van der Waals surface area contributed by atoms with E-state index in [9.17, 15) is 4.79 Å². The molecule has 0 radical (unpaired) electrons. The van der Waals surface area contributed by atoms with Crippen LogP contribution in [-0.4, -0.2) is 24.1 Å². The number of aromatic nitrogens is 1. The van der Waals surface area contributed by atoms with E-state index in [2.05, 4.69) is 26.2 Å². The van der Waals surface area contributed by atoms with Crippen molar-refractivity contribution in [3.63, 3.8) is 0 Å². The quantitative estimate of drug-likeness (QED) is 0.778. The number of hydrogen-bond acceptors (Lipinski definition) is 2. The highest BCUT2D eigenvalue weighted by molar-refractivity contribution is 9.10. The molecule has 2 heterocycles. The van der Waals surface area contributed by atoms with Crippen LogP contribution in [0.2, 0.25) is 0 Å². The van der Waals surface area contributed by atoms with Crippen molar-refractivity contribution in [2.45, 2.75) is 6.42 Å². The second-order valence-corrected chi connectivity index (χ2v) is 3.87. The maximum atomic E-state index is 11.5. The first kappa shape index (κ1) is 9.45. The molecule has 2 rings (SSSR count). The van der Waals surface area contributed by atoms with Crippen molar-refractivity contribution in [1.29, 1.82) is 0 Å². The Morgan fingerprint density at radius 3 is 3.07 bits per heavy atom. The summed E-state index contributed by atoms with van der Waals surface area (Å²) in [6.07, 6.45) is 0.958. The van der Waals surface area contributed by atoms with Crippen LogP contribution in [0.25, 0.3) is 0 Å². The first-order valence-corrected chi connectivity index (χ1v) is 5.24. The summed E-state index contributed by atoms with van der Waals surface area (Å²) in [7, 11) is 0. The van der Waals surface area contributed by atoms with E-state index >= 15 is 0 Å². The Morgan fingerprint density at radius 2 is 2.36 bits per heavy atom. The maximum absolute atomic E-state index is 11.5. The number of carbonyl (C=O) groups is 1. The Bertz CT molecular complexity index is 356. The van der Waals surface area contributed by atoms with Gasteiger partial charge in [0.25, 0.3) is 0 Å². The van der Waals surface area contributed by atoms with E-state index in [4.69, 9.17) is 0 Å². The number of nitrogens with one attached hydrogen (secondary N) is 1. The van der Waals surface area contributed by atoms with E-state index in [1.165, 1.54) is 0 Å². The summed E-state index contributed by atoms with van der Waals surface area (Å²) < 4.78 is 0.744. The molecular formula is C9H10BrN3O. The molecule has 0 unspecified atom stereocenters. The van der Waals surface area contributed by atoms with Crippen LogP contribution in [-0.2, 0) is 0 Å². The summed E-state index contributed by atoms with van der Waals surface area (Å²) >= 11 is 3.28. The zero-order chi connectivity index (χ0) is 9.97. The van der Waals surface area contributed by atoms with Crippen LogP contribution in [0.1, 0.15) is 6.42 Å². The highest BCUT2D eigenvalue weighted by Gasteiger charge is 2.19. The van der Waals surface area contributed by atoms with Gasteiger partial charge in [0.05, 0.1) is 0 Å². The highest BCUT2D eigenvalue weighted by Crippen LogP contribution is 2.16. The molecule has 5 heteroatoms. The number of amides is 2. The molecule has 0 atom stereocenters. The molecule has 4 nitrogen and oxygen atoms in total. The Labute approximate surface area is 90.4 Å². The topological polar surface area (TPSA) is 45.2 Å². The molecular weight excluding hydrogens is 246 g/mol. The molecule has 0 saturated carbocycles. The van der Waals surface area contributed by atoms with Crippen LogP contribution in [0.3, 0.4) is 0 Å². The van der Waals surface area contributed by atoms with Gasteiger partial charge in [-0.15, -0.1) is 0 Å². The standard InChI is InChI=1S/C9H10BrN3O/c10-7-3-1-4-8(12-7)13-6-2-5-11-9(13)14/h1,3-4H,2,5-6H2,(H,11,14). The lowest BCUT2D eigenvalue weighted by Crippen LogP contribution is -2.46. The van der Waals surface area contributed by atoms with Gasteiger partial charge in [0.2, 0.25) is 0 Å². The summed E-state index contributed by atoms with van der Waals surface area (Å²) in [4.78, 5) is 17.3. The lowest BCUT2D eigenvalue weighted by Gasteiger charge is -2.26. The molecule has 14 heavy (non-hydrogen) atoms. The number of nitrogens with zero attached hydrogens (tertiary/aromatic N) is 2. The predicted molar refractivity (Wildman–Crippen MR) is 57.3 cm³/mol.